The summed E-state index contributed by atoms with van der Waals surface area (Å²) in [4.78, 5) is 45.4. The second kappa shape index (κ2) is 12.2. The number of carbonyl (C=O) groups is 3. The summed E-state index contributed by atoms with van der Waals surface area (Å²) < 4.78 is 11.0. The van der Waals surface area contributed by atoms with Gasteiger partial charge in [0.15, 0.2) is 5.13 Å². The lowest BCUT2D eigenvalue weighted by molar-refractivity contribution is -0.132. The first-order chi connectivity index (χ1) is 20.3. The topological polar surface area (TPSA) is 106 Å². The molecule has 2 heterocycles. The molecule has 1 atom stereocenters. The lowest BCUT2D eigenvalue weighted by Crippen LogP contribution is -2.29. The van der Waals surface area contributed by atoms with Crippen LogP contribution in [0.4, 0.5) is 5.13 Å². The highest BCUT2D eigenvalue weighted by Gasteiger charge is 2.48. The largest absolute Gasteiger partial charge is 0.507 e. The number of aryl methyl sites for hydroxylation is 2. The van der Waals surface area contributed by atoms with Gasteiger partial charge in [0.25, 0.3) is 5.78 Å². The van der Waals surface area contributed by atoms with Crippen molar-refractivity contribution in [3.8, 4) is 5.75 Å². The van der Waals surface area contributed by atoms with Crippen LogP contribution < -0.4 is 9.64 Å². The van der Waals surface area contributed by atoms with E-state index >= 15 is 0 Å². The molecule has 1 fully saturated rings. The molecule has 42 heavy (non-hydrogen) atoms. The van der Waals surface area contributed by atoms with Gasteiger partial charge in [0.1, 0.15) is 29.6 Å². The first-order valence-electron chi connectivity index (χ1n) is 13.2. The second-order valence-corrected chi connectivity index (χ2v) is 10.7. The predicted octanol–water partition coefficient (Wildman–Crippen LogP) is 6.31. The van der Waals surface area contributed by atoms with Crippen LogP contribution in [0.25, 0.3) is 5.76 Å². The van der Waals surface area contributed by atoms with Gasteiger partial charge < -0.3 is 14.6 Å². The van der Waals surface area contributed by atoms with Gasteiger partial charge in [-0.2, -0.15) is 0 Å². The highest BCUT2D eigenvalue weighted by Crippen LogP contribution is 2.44. The third-order valence-electron chi connectivity index (χ3n) is 6.72. The molecule has 1 N–H and O–H groups in total. The first-order valence-corrected chi connectivity index (χ1v) is 14.0. The minimum atomic E-state index is -0.970. The molecule has 0 aliphatic carbocycles. The molecule has 9 heteroatoms. The van der Waals surface area contributed by atoms with E-state index in [1.54, 1.807) is 43.3 Å². The lowest BCUT2D eigenvalue weighted by Gasteiger charge is -2.23. The Morgan fingerprint density at radius 2 is 1.71 bits per heavy atom. The fourth-order valence-electron chi connectivity index (χ4n) is 4.57. The number of aromatic nitrogens is 1. The van der Waals surface area contributed by atoms with E-state index in [4.69, 9.17) is 9.47 Å². The van der Waals surface area contributed by atoms with Crippen LogP contribution in [0.3, 0.4) is 0 Å². The van der Waals surface area contributed by atoms with Gasteiger partial charge >= 0.3 is 11.9 Å². The quantitative estimate of drug-likeness (QED) is 0.0813. The number of Topliss-reactive ketones (excluding diaryl/α,β-unsaturated/α-hetero) is 1. The standard InChI is InChI=1S/C33H28N2O6S/c1-4-18-40-32(39)30-21(3)34-33(42-30)35-27(23-12-10-20(2)11-13-23)26(29(37)31(35)38)28(36)24-14-16-25(17-15-24)41-19-22-8-6-5-7-9-22/h4-17,27,36H,1,18-19H2,2-3H3/b28-26+. The number of esters is 1. The Morgan fingerprint density at radius 1 is 1.02 bits per heavy atom. The summed E-state index contributed by atoms with van der Waals surface area (Å²) in [5.74, 6) is -2.06. The number of thiazole rings is 1. The van der Waals surface area contributed by atoms with E-state index in [9.17, 15) is 19.5 Å². The van der Waals surface area contributed by atoms with E-state index in [-0.39, 0.29) is 27.9 Å². The molecule has 1 amide bonds. The number of rotatable bonds is 9. The van der Waals surface area contributed by atoms with Gasteiger partial charge in [0.05, 0.1) is 17.3 Å². The molecule has 1 unspecified atom stereocenters. The zero-order valence-corrected chi connectivity index (χ0v) is 23.9. The van der Waals surface area contributed by atoms with Gasteiger partial charge in [-0.05, 0) is 49.2 Å². The zero-order chi connectivity index (χ0) is 29.8. The number of anilines is 1. The fraction of sp³-hybridized carbons (Fsp3) is 0.152. The molecule has 0 spiro atoms. The molecule has 1 saturated heterocycles. The number of hydrogen-bond acceptors (Lipinski definition) is 8. The highest BCUT2D eigenvalue weighted by atomic mass is 32.1. The molecule has 0 radical (unpaired) electrons. The van der Waals surface area contributed by atoms with Crippen LogP contribution in [-0.4, -0.2) is 34.4 Å². The number of ketones is 1. The maximum Gasteiger partial charge on any atom is 0.350 e. The summed E-state index contributed by atoms with van der Waals surface area (Å²) in [6.07, 6.45) is 1.45. The molecule has 0 saturated carbocycles. The number of hydrogen-bond donors (Lipinski definition) is 1. The van der Waals surface area contributed by atoms with Crippen LogP contribution in [0.1, 0.15) is 43.7 Å². The number of nitrogens with zero attached hydrogens (tertiary/aromatic N) is 2. The Bertz CT molecular complexity index is 1670. The van der Waals surface area contributed by atoms with Crippen LogP contribution in [0.2, 0.25) is 0 Å². The van der Waals surface area contributed by atoms with Gasteiger partial charge in [-0.1, -0.05) is 84.2 Å². The number of aliphatic hydroxyl groups excluding tert-OH is 1. The van der Waals surface area contributed by atoms with Crippen molar-refractivity contribution in [3.05, 3.63) is 130 Å². The van der Waals surface area contributed by atoms with Crippen molar-refractivity contribution < 1.29 is 29.0 Å². The van der Waals surface area contributed by atoms with Crippen LogP contribution in [0.5, 0.6) is 5.75 Å². The Morgan fingerprint density at radius 3 is 2.38 bits per heavy atom. The minimum Gasteiger partial charge on any atom is -0.507 e. The molecule has 1 aromatic heterocycles. The van der Waals surface area contributed by atoms with Crippen molar-refractivity contribution in [3.63, 3.8) is 0 Å². The summed E-state index contributed by atoms with van der Waals surface area (Å²) in [5.41, 5.74) is 3.23. The second-order valence-electron chi connectivity index (χ2n) is 9.68. The zero-order valence-electron chi connectivity index (χ0n) is 23.1. The molecule has 4 aromatic rings. The Hall–Kier alpha value is -5.02. The number of aliphatic hydroxyl groups is 1. The molecule has 1 aliphatic heterocycles. The SMILES string of the molecule is C=CCOC(=O)c1sc(N2C(=O)C(=O)/C(=C(/O)c3ccc(OCc4ccccc4)cc3)C2c2ccc(C)cc2)nc1C. The molecule has 212 valence electrons. The fourth-order valence-corrected chi connectivity index (χ4v) is 5.56. The van der Waals surface area contributed by atoms with Gasteiger partial charge in [-0.3, -0.25) is 14.5 Å². The summed E-state index contributed by atoms with van der Waals surface area (Å²) in [5, 5.41) is 11.6. The molecule has 3 aromatic carbocycles. The lowest BCUT2D eigenvalue weighted by atomic mass is 9.95. The minimum absolute atomic E-state index is 0.0233. The highest BCUT2D eigenvalue weighted by molar-refractivity contribution is 7.17. The monoisotopic (exact) mass is 580 g/mol. The summed E-state index contributed by atoms with van der Waals surface area (Å²) in [6, 6.07) is 22.7. The smallest absolute Gasteiger partial charge is 0.350 e. The maximum absolute atomic E-state index is 13.5. The average molecular weight is 581 g/mol. The first kappa shape index (κ1) is 28.5. The van der Waals surface area contributed by atoms with E-state index in [0.29, 0.717) is 29.2 Å². The third-order valence-corrected chi connectivity index (χ3v) is 7.86. The van der Waals surface area contributed by atoms with Crippen molar-refractivity contribution in [1.82, 2.24) is 4.98 Å². The van der Waals surface area contributed by atoms with Crippen LogP contribution >= 0.6 is 11.3 Å². The van der Waals surface area contributed by atoms with E-state index in [1.165, 1.54) is 11.0 Å². The van der Waals surface area contributed by atoms with Crippen molar-refractivity contribution in [2.45, 2.75) is 26.5 Å². The van der Waals surface area contributed by atoms with Gasteiger partial charge in [0.2, 0.25) is 0 Å². The Labute approximate surface area is 247 Å². The number of ether oxygens (including phenoxy) is 2. The van der Waals surface area contributed by atoms with Crippen LogP contribution in [0, 0.1) is 13.8 Å². The summed E-state index contributed by atoms with van der Waals surface area (Å²) in [6.45, 7) is 7.50. The third kappa shape index (κ3) is 5.73. The Balaban J connectivity index is 1.52. The number of benzene rings is 3. The van der Waals surface area contributed by atoms with Gasteiger partial charge in [-0.25, -0.2) is 9.78 Å². The predicted molar refractivity (Wildman–Crippen MR) is 161 cm³/mol. The van der Waals surface area contributed by atoms with E-state index in [2.05, 4.69) is 11.6 Å². The molecule has 8 nitrogen and oxygen atoms in total. The van der Waals surface area contributed by atoms with Gasteiger partial charge in [0, 0.05) is 5.56 Å². The summed E-state index contributed by atoms with van der Waals surface area (Å²) >= 11 is 0.950. The van der Waals surface area contributed by atoms with Crippen molar-refractivity contribution >= 4 is 39.9 Å². The van der Waals surface area contributed by atoms with Crippen molar-refractivity contribution in [2.75, 3.05) is 11.5 Å². The van der Waals surface area contributed by atoms with Crippen molar-refractivity contribution in [2.24, 2.45) is 0 Å². The maximum atomic E-state index is 13.5. The molecule has 0 bridgehead atoms. The van der Waals surface area contributed by atoms with Gasteiger partial charge in [-0.15, -0.1) is 0 Å². The molecular formula is C33H28N2O6S. The Kier molecular flexibility index (Phi) is 8.31. The van der Waals surface area contributed by atoms with E-state index < -0.39 is 23.7 Å². The molecule has 1 aliphatic rings. The summed E-state index contributed by atoms with van der Waals surface area (Å²) in [7, 11) is 0. The van der Waals surface area contributed by atoms with E-state index in [0.717, 1.165) is 22.5 Å². The molecular weight excluding hydrogens is 552 g/mol. The average Bonchev–Trinajstić information content (AvgIpc) is 3.51. The van der Waals surface area contributed by atoms with Crippen LogP contribution in [-0.2, 0) is 20.9 Å². The number of carbonyl (C=O) groups excluding carboxylic acids is 3. The number of amides is 1. The van der Waals surface area contributed by atoms with Crippen LogP contribution in [0.15, 0.2) is 97.1 Å². The molecule has 5 rings (SSSR count). The van der Waals surface area contributed by atoms with Crippen molar-refractivity contribution in [1.29, 1.82) is 0 Å². The van der Waals surface area contributed by atoms with E-state index in [1.807, 2.05) is 49.4 Å². The normalized spacial score (nSPS) is 16.0.